The predicted octanol–water partition coefficient (Wildman–Crippen LogP) is 3.52. The molecule has 0 unspecified atom stereocenters. The van der Waals surface area contributed by atoms with Crippen LogP contribution in [0.5, 0.6) is 0 Å². The molecule has 1 saturated heterocycles. The van der Waals surface area contributed by atoms with Crippen molar-refractivity contribution in [1.29, 1.82) is 0 Å². The van der Waals surface area contributed by atoms with Crippen LogP contribution in [0.4, 0.5) is 4.79 Å². The summed E-state index contributed by atoms with van der Waals surface area (Å²) >= 11 is 1.20. The Kier molecular flexibility index (Phi) is 4.41. The van der Waals surface area contributed by atoms with Crippen LogP contribution in [0.1, 0.15) is 18.5 Å². The van der Waals surface area contributed by atoms with Gasteiger partial charge in [0.2, 0.25) is 0 Å². The number of rotatable bonds is 3. The molecule has 1 aliphatic rings. The number of aromatic nitrogens is 1. The molecule has 0 aliphatic carbocycles. The molecule has 2 aromatic rings. The van der Waals surface area contributed by atoms with Gasteiger partial charge in [0, 0.05) is 29.1 Å². The van der Waals surface area contributed by atoms with Gasteiger partial charge in [-0.3, -0.25) is 9.78 Å². The summed E-state index contributed by atoms with van der Waals surface area (Å²) in [6.45, 7) is 3.35. The van der Waals surface area contributed by atoms with Gasteiger partial charge in [-0.1, -0.05) is 18.2 Å². The van der Waals surface area contributed by atoms with E-state index in [4.69, 9.17) is 4.74 Å². The number of hydrogen-bond donors (Lipinski definition) is 1. The summed E-state index contributed by atoms with van der Waals surface area (Å²) in [5.41, 5.74) is 1.84. The zero-order valence-corrected chi connectivity index (χ0v) is 12.8. The third-order valence-electron chi connectivity index (χ3n) is 3.52. The van der Waals surface area contributed by atoms with Gasteiger partial charge in [0.05, 0.1) is 11.6 Å². The number of pyridine rings is 1. The highest BCUT2D eigenvalue weighted by Gasteiger charge is 2.17. The van der Waals surface area contributed by atoms with Crippen LogP contribution in [0.15, 0.2) is 35.2 Å². The first-order valence-electron chi connectivity index (χ1n) is 7.16. The topological polar surface area (TPSA) is 51.2 Å². The SMILES string of the molecule is Cc1ccc2cccc(SC(=O)NC[C@@H]3CCCO3)c2n1. The van der Waals surface area contributed by atoms with Crippen LogP contribution < -0.4 is 5.32 Å². The van der Waals surface area contributed by atoms with E-state index in [1.807, 2.05) is 37.3 Å². The first-order valence-corrected chi connectivity index (χ1v) is 7.98. The molecule has 4 nitrogen and oxygen atoms in total. The van der Waals surface area contributed by atoms with E-state index in [0.29, 0.717) is 6.54 Å². The molecule has 3 rings (SSSR count). The van der Waals surface area contributed by atoms with E-state index in [2.05, 4.69) is 10.3 Å². The molecule has 1 amide bonds. The standard InChI is InChI=1S/C16H18N2O2S/c1-11-7-8-12-4-2-6-14(15(12)18-11)21-16(19)17-10-13-5-3-9-20-13/h2,4,6-8,13H,3,5,9-10H2,1H3,(H,17,19)/t13-/m0/s1. The number of nitrogens with one attached hydrogen (secondary N) is 1. The van der Waals surface area contributed by atoms with Gasteiger partial charge in [0.15, 0.2) is 0 Å². The van der Waals surface area contributed by atoms with Gasteiger partial charge in [-0.2, -0.15) is 0 Å². The number of carbonyl (C=O) groups is 1. The lowest BCUT2D eigenvalue weighted by Crippen LogP contribution is -2.28. The minimum absolute atomic E-state index is 0.0543. The van der Waals surface area contributed by atoms with Gasteiger partial charge in [-0.15, -0.1) is 0 Å². The van der Waals surface area contributed by atoms with E-state index in [-0.39, 0.29) is 11.3 Å². The Hall–Kier alpha value is -1.59. The molecule has 2 heterocycles. The summed E-state index contributed by atoms with van der Waals surface area (Å²) in [5.74, 6) is 0. The van der Waals surface area contributed by atoms with Crippen molar-refractivity contribution in [2.75, 3.05) is 13.2 Å². The number of thioether (sulfide) groups is 1. The average molecular weight is 302 g/mol. The summed E-state index contributed by atoms with van der Waals surface area (Å²) in [7, 11) is 0. The fraction of sp³-hybridized carbons (Fsp3) is 0.375. The van der Waals surface area contributed by atoms with E-state index >= 15 is 0 Å². The molecule has 0 spiro atoms. The molecule has 0 bridgehead atoms. The Morgan fingerprint density at radius 2 is 2.33 bits per heavy atom. The highest BCUT2D eigenvalue weighted by atomic mass is 32.2. The maximum Gasteiger partial charge on any atom is 0.284 e. The van der Waals surface area contributed by atoms with Crippen molar-refractivity contribution in [3.8, 4) is 0 Å². The highest BCUT2D eigenvalue weighted by Crippen LogP contribution is 2.27. The highest BCUT2D eigenvalue weighted by molar-refractivity contribution is 8.13. The van der Waals surface area contributed by atoms with Gasteiger partial charge >= 0.3 is 0 Å². The van der Waals surface area contributed by atoms with Crippen LogP contribution in [-0.4, -0.2) is 29.5 Å². The molecule has 5 heteroatoms. The molecule has 1 aromatic heterocycles. The molecule has 1 fully saturated rings. The van der Waals surface area contributed by atoms with Crippen molar-refractivity contribution in [1.82, 2.24) is 10.3 Å². The summed E-state index contributed by atoms with van der Waals surface area (Å²) in [6, 6.07) is 9.91. The first-order chi connectivity index (χ1) is 10.2. The number of ether oxygens (including phenoxy) is 1. The quantitative estimate of drug-likeness (QED) is 0.881. The number of fused-ring (bicyclic) bond motifs is 1. The Morgan fingerprint density at radius 1 is 1.43 bits per heavy atom. The summed E-state index contributed by atoms with van der Waals surface area (Å²) in [4.78, 5) is 17.5. The maximum absolute atomic E-state index is 12.1. The second kappa shape index (κ2) is 6.45. The third-order valence-corrected chi connectivity index (χ3v) is 4.40. The summed E-state index contributed by atoms with van der Waals surface area (Å²) in [5, 5.41) is 3.92. The average Bonchev–Trinajstić information content (AvgIpc) is 2.99. The molecule has 1 N–H and O–H groups in total. The van der Waals surface area contributed by atoms with Gasteiger partial charge in [-0.05, 0) is 43.7 Å². The second-order valence-corrected chi connectivity index (χ2v) is 6.20. The monoisotopic (exact) mass is 302 g/mol. The Bertz CT molecular complexity index is 654. The number of benzene rings is 1. The minimum atomic E-state index is -0.0543. The lowest BCUT2D eigenvalue weighted by molar-refractivity contribution is 0.112. The van der Waals surface area contributed by atoms with Crippen LogP contribution in [0.3, 0.4) is 0 Å². The molecule has 0 saturated carbocycles. The summed E-state index contributed by atoms with van der Waals surface area (Å²) in [6.07, 6.45) is 2.28. The first kappa shape index (κ1) is 14.4. The molecule has 1 aliphatic heterocycles. The van der Waals surface area contributed by atoms with E-state index in [1.165, 1.54) is 11.8 Å². The van der Waals surface area contributed by atoms with Crippen molar-refractivity contribution in [2.45, 2.75) is 30.8 Å². The Labute approximate surface area is 128 Å². The largest absolute Gasteiger partial charge is 0.376 e. The van der Waals surface area contributed by atoms with Gasteiger partial charge in [-0.25, -0.2) is 0 Å². The smallest absolute Gasteiger partial charge is 0.284 e. The van der Waals surface area contributed by atoms with Gasteiger partial charge < -0.3 is 10.1 Å². The Morgan fingerprint density at radius 3 is 3.14 bits per heavy atom. The fourth-order valence-electron chi connectivity index (χ4n) is 2.44. The van der Waals surface area contributed by atoms with E-state index in [9.17, 15) is 4.79 Å². The number of nitrogens with zero attached hydrogens (tertiary/aromatic N) is 1. The number of aryl methyl sites for hydroxylation is 1. The normalized spacial score (nSPS) is 18.0. The van der Waals surface area contributed by atoms with Gasteiger partial charge in [0.1, 0.15) is 0 Å². The van der Waals surface area contributed by atoms with E-state index < -0.39 is 0 Å². The number of para-hydroxylation sites is 1. The van der Waals surface area contributed by atoms with Crippen molar-refractivity contribution < 1.29 is 9.53 Å². The van der Waals surface area contributed by atoms with Gasteiger partial charge in [0.25, 0.3) is 5.24 Å². The van der Waals surface area contributed by atoms with Crippen LogP contribution in [0.25, 0.3) is 10.9 Å². The lowest BCUT2D eigenvalue weighted by atomic mass is 10.2. The van der Waals surface area contributed by atoms with Crippen LogP contribution >= 0.6 is 11.8 Å². The van der Waals surface area contributed by atoms with Crippen molar-refractivity contribution >= 4 is 27.9 Å². The second-order valence-electron chi connectivity index (χ2n) is 5.19. The lowest BCUT2D eigenvalue weighted by Gasteiger charge is -2.11. The third kappa shape index (κ3) is 3.54. The number of carbonyl (C=O) groups excluding carboxylic acids is 1. The molecule has 21 heavy (non-hydrogen) atoms. The predicted molar refractivity (Wildman–Crippen MR) is 84.7 cm³/mol. The molecule has 1 aromatic carbocycles. The van der Waals surface area contributed by atoms with E-state index in [1.54, 1.807) is 0 Å². The Balaban J connectivity index is 1.69. The van der Waals surface area contributed by atoms with E-state index in [0.717, 1.165) is 40.9 Å². The number of hydrogen-bond acceptors (Lipinski definition) is 4. The van der Waals surface area contributed by atoms with Crippen LogP contribution in [0, 0.1) is 6.92 Å². The molecule has 0 radical (unpaired) electrons. The van der Waals surface area contributed by atoms with Crippen LogP contribution in [-0.2, 0) is 4.74 Å². The van der Waals surface area contributed by atoms with Crippen molar-refractivity contribution in [3.63, 3.8) is 0 Å². The molecular formula is C16H18N2O2S. The number of amides is 1. The zero-order valence-electron chi connectivity index (χ0n) is 12.0. The van der Waals surface area contributed by atoms with Crippen molar-refractivity contribution in [3.05, 3.63) is 36.0 Å². The fourth-order valence-corrected chi connectivity index (χ4v) is 3.20. The molecule has 110 valence electrons. The maximum atomic E-state index is 12.1. The molecular weight excluding hydrogens is 284 g/mol. The summed E-state index contributed by atoms with van der Waals surface area (Å²) < 4.78 is 5.50. The minimum Gasteiger partial charge on any atom is -0.376 e. The van der Waals surface area contributed by atoms with Crippen LogP contribution in [0.2, 0.25) is 0 Å². The molecule has 1 atom stereocenters. The van der Waals surface area contributed by atoms with Crippen molar-refractivity contribution in [2.24, 2.45) is 0 Å². The zero-order chi connectivity index (χ0) is 14.7.